The van der Waals surface area contributed by atoms with Crippen molar-refractivity contribution in [2.45, 2.75) is 74.8 Å². The molecular weight excluding hydrogens is 398 g/mol. The summed E-state index contributed by atoms with van der Waals surface area (Å²) >= 11 is 6.11. The third-order valence-corrected chi connectivity index (χ3v) is 8.14. The van der Waals surface area contributed by atoms with Gasteiger partial charge in [-0.15, -0.1) is 0 Å². The van der Waals surface area contributed by atoms with Crippen LogP contribution in [0.5, 0.6) is 0 Å². The largest absolute Gasteiger partial charge is 0.337 e. The Bertz CT molecular complexity index is 764. The number of carbonyl (C=O) groups excluding carboxylic acids is 1. The maximum absolute atomic E-state index is 13.0. The van der Waals surface area contributed by atoms with E-state index in [9.17, 15) is 13.2 Å². The molecule has 1 aromatic rings. The molecule has 1 saturated heterocycles. The van der Waals surface area contributed by atoms with Gasteiger partial charge >= 0.3 is 6.03 Å². The van der Waals surface area contributed by atoms with Crippen molar-refractivity contribution in [3.63, 3.8) is 0 Å². The second-order valence-corrected chi connectivity index (χ2v) is 10.0. The van der Waals surface area contributed by atoms with E-state index in [1.54, 1.807) is 18.2 Å². The van der Waals surface area contributed by atoms with Gasteiger partial charge in [0, 0.05) is 25.2 Å². The summed E-state index contributed by atoms with van der Waals surface area (Å²) in [6.07, 6.45) is 9.60. The highest BCUT2D eigenvalue weighted by molar-refractivity contribution is 7.89. The van der Waals surface area contributed by atoms with Crippen LogP contribution in [0.3, 0.4) is 0 Å². The van der Waals surface area contributed by atoms with Crippen molar-refractivity contribution in [2.24, 2.45) is 0 Å². The lowest BCUT2D eigenvalue weighted by Gasteiger charge is -2.26. The predicted octanol–water partition coefficient (Wildman–Crippen LogP) is 3.91. The van der Waals surface area contributed by atoms with Crippen LogP contribution < -0.4 is 10.6 Å². The number of nitrogens with zero attached hydrogens (tertiary/aromatic N) is 1. The first-order valence-corrected chi connectivity index (χ1v) is 12.1. The smallest absolute Gasteiger partial charge is 0.315 e. The van der Waals surface area contributed by atoms with Crippen molar-refractivity contribution < 1.29 is 13.2 Å². The fourth-order valence-corrected chi connectivity index (χ4v) is 6.35. The highest BCUT2D eigenvalue weighted by Crippen LogP contribution is 2.29. The zero-order valence-electron chi connectivity index (χ0n) is 16.2. The summed E-state index contributed by atoms with van der Waals surface area (Å²) in [4.78, 5) is 12.5. The minimum absolute atomic E-state index is 0.127. The molecule has 6 nitrogen and oxygen atoms in total. The van der Waals surface area contributed by atoms with Gasteiger partial charge in [-0.25, -0.2) is 13.2 Å². The van der Waals surface area contributed by atoms with Crippen LogP contribution in [-0.2, 0) is 10.0 Å². The normalized spacial score (nSPS) is 22.4. The Hall–Kier alpha value is -1.31. The first-order valence-electron chi connectivity index (χ1n) is 10.3. The number of hydrogen-bond donors (Lipinski definition) is 2. The Balaban J connectivity index is 1.56. The SMILES string of the molecule is O=C(NCC1CCCN1S(=O)(=O)c1ccccc1Cl)NC1CCCCCCC1. The first-order chi connectivity index (χ1) is 13.5. The number of rotatable bonds is 5. The number of urea groups is 1. The van der Waals surface area contributed by atoms with Crippen LogP contribution in [0.25, 0.3) is 0 Å². The lowest BCUT2D eigenvalue weighted by atomic mass is 9.97. The highest BCUT2D eigenvalue weighted by atomic mass is 35.5. The van der Waals surface area contributed by atoms with Gasteiger partial charge in [0.15, 0.2) is 0 Å². The molecule has 0 spiro atoms. The van der Waals surface area contributed by atoms with Crippen LogP contribution in [0.4, 0.5) is 4.79 Å². The van der Waals surface area contributed by atoms with Crippen LogP contribution in [0.15, 0.2) is 29.2 Å². The topological polar surface area (TPSA) is 78.5 Å². The van der Waals surface area contributed by atoms with E-state index in [0.717, 1.165) is 38.5 Å². The van der Waals surface area contributed by atoms with Crippen molar-refractivity contribution in [1.82, 2.24) is 14.9 Å². The van der Waals surface area contributed by atoms with Gasteiger partial charge in [0.05, 0.1) is 5.02 Å². The molecule has 0 bridgehead atoms. The molecule has 8 heteroatoms. The quantitative estimate of drug-likeness (QED) is 0.747. The van der Waals surface area contributed by atoms with Gasteiger partial charge < -0.3 is 10.6 Å². The summed E-state index contributed by atoms with van der Waals surface area (Å²) in [7, 11) is -3.67. The molecule has 0 radical (unpaired) electrons. The number of hydrogen-bond acceptors (Lipinski definition) is 3. The second-order valence-electron chi connectivity index (χ2n) is 7.74. The average molecular weight is 428 g/mol. The third-order valence-electron chi connectivity index (χ3n) is 5.69. The molecule has 156 valence electrons. The van der Waals surface area contributed by atoms with Gasteiger partial charge in [0.2, 0.25) is 10.0 Å². The van der Waals surface area contributed by atoms with E-state index >= 15 is 0 Å². The van der Waals surface area contributed by atoms with Crippen molar-refractivity contribution in [1.29, 1.82) is 0 Å². The number of benzene rings is 1. The first kappa shape index (κ1) is 21.4. The van der Waals surface area contributed by atoms with E-state index in [1.165, 1.54) is 29.6 Å². The summed E-state index contributed by atoms with van der Waals surface area (Å²) in [5.74, 6) is 0. The molecule has 2 N–H and O–H groups in total. The average Bonchev–Trinajstić information content (AvgIpc) is 3.12. The summed E-state index contributed by atoms with van der Waals surface area (Å²) < 4.78 is 27.5. The van der Waals surface area contributed by atoms with Crippen molar-refractivity contribution in [3.8, 4) is 0 Å². The molecule has 1 atom stereocenters. The van der Waals surface area contributed by atoms with Crippen molar-refractivity contribution in [2.75, 3.05) is 13.1 Å². The van der Waals surface area contributed by atoms with Gasteiger partial charge in [-0.3, -0.25) is 0 Å². The van der Waals surface area contributed by atoms with Crippen LogP contribution in [0.1, 0.15) is 57.8 Å². The van der Waals surface area contributed by atoms with Crippen LogP contribution in [0, 0.1) is 0 Å². The number of amides is 2. The van der Waals surface area contributed by atoms with E-state index < -0.39 is 10.0 Å². The highest BCUT2D eigenvalue weighted by Gasteiger charge is 2.36. The minimum atomic E-state index is -3.67. The number of sulfonamides is 1. The van der Waals surface area contributed by atoms with Crippen LogP contribution in [0.2, 0.25) is 5.02 Å². The van der Waals surface area contributed by atoms with E-state index in [-0.39, 0.29) is 28.0 Å². The molecule has 1 heterocycles. The molecule has 1 unspecified atom stereocenters. The minimum Gasteiger partial charge on any atom is -0.337 e. The number of halogens is 1. The zero-order chi connectivity index (χ0) is 20.0. The van der Waals surface area contributed by atoms with Gasteiger partial charge in [-0.05, 0) is 37.8 Å². The van der Waals surface area contributed by atoms with E-state index in [1.807, 2.05) is 0 Å². The Kier molecular flexibility index (Phi) is 7.60. The maximum atomic E-state index is 13.0. The molecule has 1 aromatic carbocycles. The molecule has 1 aliphatic heterocycles. The number of nitrogens with one attached hydrogen (secondary N) is 2. The zero-order valence-corrected chi connectivity index (χ0v) is 17.8. The molecule has 2 fully saturated rings. The Morgan fingerprint density at radius 1 is 1.04 bits per heavy atom. The molecule has 2 amide bonds. The fourth-order valence-electron chi connectivity index (χ4n) is 4.16. The molecule has 0 aromatic heterocycles. The number of carbonyl (C=O) groups is 1. The summed E-state index contributed by atoms with van der Waals surface area (Å²) in [5, 5.41) is 6.18. The molecule has 1 saturated carbocycles. The monoisotopic (exact) mass is 427 g/mol. The lowest BCUT2D eigenvalue weighted by Crippen LogP contribution is -2.48. The van der Waals surface area contributed by atoms with Crippen LogP contribution >= 0.6 is 11.6 Å². The fraction of sp³-hybridized carbons (Fsp3) is 0.650. The summed E-state index contributed by atoms with van der Waals surface area (Å²) in [6.45, 7) is 0.756. The molecule has 1 aliphatic carbocycles. The molecule has 2 aliphatic rings. The standard InChI is InChI=1S/C20H30ClN3O3S/c21-18-12-6-7-13-19(18)28(26,27)24-14-8-11-17(24)15-22-20(25)23-16-9-4-2-1-3-5-10-16/h6-7,12-13,16-17H,1-5,8-11,14-15H2,(H2,22,23,25). The van der Waals surface area contributed by atoms with Crippen LogP contribution in [-0.4, -0.2) is 43.9 Å². The van der Waals surface area contributed by atoms with E-state index in [4.69, 9.17) is 11.6 Å². The van der Waals surface area contributed by atoms with E-state index in [2.05, 4.69) is 10.6 Å². The Labute approximate surface area is 173 Å². The molecule has 28 heavy (non-hydrogen) atoms. The van der Waals surface area contributed by atoms with Gasteiger partial charge in [0.25, 0.3) is 0 Å². The summed E-state index contributed by atoms with van der Waals surface area (Å²) in [5.41, 5.74) is 0. The maximum Gasteiger partial charge on any atom is 0.315 e. The van der Waals surface area contributed by atoms with Gasteiger partial charge in [-0.1, -0.05) is 55.8 Å². The van der Waals surface area contributed by atoms with Gasteiger partial charge in [-0.2, -0.15) is 4.31 Å². The molecular formula is C20H30ClN3O3S. The van der Waals surface area contributed by atoms with Crippen molar-refractivity contribution in [3.05, 3.63) is 29.3 Å². The third kappa shape index (κ3) is 5.39. The summed E-state index contributed by atoms with van der Waals surface area (Å²) in [6, 6.07) is 6.26. The van der Waals surface area contributed by atoms with E-state index in [0.29, 0.717) is 13.1 Å². The Morgan fingerprint density at radius 3 is 2.43 bits per heavy atom. The Morgan fingerprint density at radius 2 is 1.71 bits per heavy atom. The lowest BCUT2D eigenvalue weighted by molar-refractivity contribution is 0.231. The second kappa shape index (κ2) is 9.94. The molecule has 3 rings (SSSR count). The predicted molar refractivity (Wildman–Crippen MR) is 111 cm³/mol. The van der Waals surface area contributed by atoms with Crippen molar-refractivity contribution >= 4 is 27.7 Å². The van der Waals surface area contributed by atoms with Gasteiger partial charge in [0.1, 0.15) is 4.90 Å².